The second-order valence-corrected chi connectivity index (χ2v) is 6.83. The van der Waals surface area contributed by atoms with Crippen LogP contribution in [0.15, 0.2) is 24.5 Å². The molecule has 2 aliphatic rings. The van der Waals surface area contributed by atoms with Crippen LogP contribution in [-0.2, 0) is 0 Å². The van der Waals surface area contributed by atoms with Gasteiger partial charge in [-0.25, -0.2) is 4.79 Å². The van der Waals surface area contributed by atoms with Gasteiger partial charge < -0.3 is 15.6 Å². The summed E-state index contributed by atoms with van der Waals surface area (Å²) in [5, 5.41) is 6.03. The van der Waals surface area contributed by atoms with Crippen LogP contribution in [0.3, 0.4) is 0 Å². The van der Waals surface area contributed by atoms with Crippen LogP contribution in [0.2, 0.25) is 0 Å². The number of nitrogens with one attached hydrogen (secondary N) is 3. The minimum atomic E-state index is -0.124. The van der Waals surface area contributed by atoms with E-state index in [0.29, 0.717) is 11.5 Å². The van der Waals surface area contributed by atoms with Gasteiger partial charge in [0, 0.05) is 18.4 Å². The predicted octanol–water partition coefficient (Wildman–Crippen LogP) is 3.80. The van der Waals surface area contributed by atoms with E-state index in [0.717, 1.165) is 29.6 Å². The van der Waals surface area contributed by atoms with Crippen LogP contribution >= 0.6 is 0 Å². The van der Waals surface area contributed by atoms with Crippen LogP contribution < -0.4 is 10.6 Å². The van der Waals surface area contributed by atoms with Gasteiger partial charge in [-0.2, -0.15) is 0 Å². The summed E-state index contributed by atoms with van der Waals surface area (Å²) in [6.07, 6.45) is 12.5. The first-order valence-electron chi connectivity index (χ1n) is 8.24. The molecule has 116 valence electrons. The summed E-state index contributed by atoms with van der Waals surface area (Å²) in [6, 6.07) is 4.01. The molecule has 3 N–H and O–H groups in total. The van der Waals surface area contributed by atoms with Crippen LogP contribution in [0.5, 0.6) is 0 Å². The molecule has 22 heavy (non-hydrogen) atoms. The molecule has 1 spiro atoms. The fourth-order valence-electron chi connectivity index (χ4n) is 3.95. The number of hydrogen-bond acceptors (Lipinski definition) is 2. The number of aromatic amines is 1. The molecule has 0 aromatic carbocycles. The van der Waals surface area contributed by atoms with E-state index in [2.05, 4.69) is 20.6 Å². The molecule has 4 rings (SSSR count). The third kappa shape index (κ3) is 2.45. The molecule has 0 saturated heterocycles. The van der Waals surface area contributed by atoms with Crippen molar-refractivity contribution in [1.29, 1.82) is 0 Å². The first kappa shape index (κ1) is 13.6. The molecule has 2 heterocycles. The lowest BCUT2D eigenvalue weighted by Crippen LogP contribution is -2.44. The Balaban J connectivity index is 1.35. The molecule has 5 nitrogen and oxygen atoms in total. The maximum Gasteiger partial charge on any atom is 0.319 e. The number of hydrogen-bond donors (Lipinski definition) is 3. The minimum Gasteiger partial charge on any atom is -0.358 e. The molecule has 0 unspecified atom stereocenters. The average molecular weight is 298 g/mol. The monoisotopic (exact) mass is 298 g/mol. The number of carbonyl (C=O) groups is 1. The predicted molar refractivity (Wildman–Crippen MR) is 86.8 cm³/mol. The van der Waals surface area contributed by atoms with Crippen LogP contribution in [0.1, 0.15) is 44.9 Å². The van der Waals surface area contributed by atoms with Gasteiger partial charge in [0.25, 0.3) is 0 Å². The van der Waals surface area contributed by atoms with Crippen LogP contribution in [0.25, 0.3) is 11.0 Å². The fraction of sp³-hybridized carbons (Fsp3) is 0.529. The maximum atomic E-state index is 12.2. The first-order valence-corrected chi connectivity index (χ1v) is 8.24. The summed E-state index contributed by atoms with van der Waals surface area (Å²) in [4.78, 5) is 19.6. The van der Waals surface area contributed by atoms with Crippen molar-refractivity contribution >= 4 is 22.8 Å². The lowest BCUT2D eigenvalue weighted by molar-refractivity contribution is 0.0661. The standard InChI is InChI=1S/C17H22N4O/c22-16(20-12-4-8-17(9-5-12)6-2-7-17)21-14-11-19-13-3-1-10-18-15(13)14/h1,3,10-12,19H,2,4-9H2,(H2,20,21,22). The normalized spacial score (nSPS) is 20.7. The molecule has 2 aliphatic carbocycles. The zero-order chi connectivity index (χ0) is 15.0. The van der Waals surface area contributed by atoms with E-state index in [4.69, 9.17) is 0 Å². The molecule has 0 aliphatic heterocycles. The van der Waals surface area contributed by atoms with Gasteiger partial charge in [0.15, 0.2) is 0 Å². The Morgan fingerprint density at radius 3 is 2.82 bits per heavy atom. The topological polar surface area (TPSA) is 69.8 Å². The zero-order valence-corrected chi connectivity index (χ0v) is 12.7. The quantitative estimate of drug-likeness (QED) is 0.789. The van der Waals surface area contributed by atoms with Crippen molar-refractivity contribution in [2.24, 2.45) is 5.41 Å². The largest absolute Gasteiger partial charge is 0.358 e. The number of fused-ring (bicyclic) bond motifs is 1. The van der Waals surface area contributed by atoms with Gasteiger partial charge in [-0.3, -0.25) is 4.98 Å². The Morgan fingerprint density at radius 1 is 1.27 bits per heavy atom. The molecule has 2 saturated carbocycles. The number of pyridine rings is 1. The molecule has 2 aromatic heterocycles. The van der Waals surface area contributed by atoms with E-state index in [1.54, 1.807) is 12.4 Å². The van der Waals surface area contributed by atoms with Gasteiger partial charge in [-0.1, -0.05) is 6.42 Å². The van der Waals surface area contributed by atoms with Crippen molar-refractivity contribution < 1.29 is 4.79 Å². The summed E-state index contributed by atoms with van der Waals surface area (Å²) in [5.41, 5.74) is 3.10. The number of carbonyl (C=O) groups excluding carboxylic acids is 1. The molecule has 5 heteroatoms. The van der Waals surface area contributed by atoms with E-state index in [1.165, 1.54) is 32.1 Å². The van der Waals surface area contributed by atoms with Crippen molar-refractivity contribution in [1.82, 2.24) is 15.3 Å². The van der Waals surface area contributed by atoms with E-state index >= 15 is 0 Å². The number of amides is 2. The van der Waals surface area contributed by atoms with E-state index in [-0.39, 0.29) is 6.03 Å². The molecule has 2 aromatic rings. The third-order valence-corrected chi connectivity index (χ3v) is 5.48. The van der Waals surface area contributed by atoms with E-state index in [9.17, 15) is 4.79 Å². The van der Waals surface area contributed by atoms with E-state index < -0.39 is 0 Å². The Labute approximate surface area is 129 Å². The Morgan fingerprint density at radius 2 is 2.09 bits per heavy atom. The Kier molecular flexibility index (Phi) is 3.28. The van der Waals surface area contributed by atoms with Crippen molar-refractivity contribution in [2.45, 2.75) is 51.0 Å². The lowest BCUT2D eigenvalue weighted by Gasteiger charge is -2.47. The van der Waals surface area contributed by atoms with Crippen LogP contribution in [-0.4, -0.2) is 22.0 Å². The second kappa shape index (κ2) is 5.30. The highest BCUT2D eigenvalue weighted by atomic mass is 16.2. The van der Waals surface area contributed by atoms with Gasteiger partial charge in [-0.15, -0.1) is 0 Å². The minimum absolute atomic E-state index is 0.124. The third-order valence-electron chi connectivity index (χ3n) is 5.48. The van der Waals surface area contributed by atoms with Crippen molar-refractivity contribution in [3.05, 3.63) is 24.5 Å². The maximum absolute atomic E-state index is 12.2. The van der Waals surface area contributed by atoms with Gasteiger partial charge in [0.05, 0.1) is 11.2 Å². The molecule has 0 radical (unpaired) electrons. The van der Waals surface area contributed by atoms with Gasteiger partial charge >= 0.3 is 6.03 Å². The zero-order valence-electron chi connectivity index (χ0n) is 12.7. The highest BCUT2D eigenvalue weighted by Gasteiger charge is 2.40. The molecule has 0 bridgehead atoms. The summed E-state index contributed by atoms with van der Waals surface area (Å²) in [5.74, 6) is 0. The summed E-state index contributed by atoms with van der Waals surface area (Å²) in [7, 11) is 0. The van der Waals surface area contributed by atoms with Gasteiger partial charge in [0.2, 0.25) is 0 Å². The van der Waals surface area contributed by atoms with E-state index in [1.807, 2.05) is 12.1 Å². The number of H-pyrrole nitrogens is 1. The molecule has 0 atom stereocenters. The SMILES string of the molecule is O=C(Nc1c[nH]c2cccnc12)NC1CCC2(CCC2)CC1. The number of aromatic nitrogens is 2. The molecule has 2 amide bonds. The van der Waals surface area contributed by atoms with Crippen LogP contribution in [0.4, 0.5) is 10.5 Å². The first-order chi connectivity index (χ1) is 10.7. The number of nitrogens with zero attached hydrogens (tertiary/aromatic N) is 1. The number of rotatable bonds is 2. The molecule has 2 fully saturated rings. The molecular formula is C17H22N4O. The fourth-order valence-corrected chi connectivity index (χ4v) is 3.95. The summed E-state index contributed by atoms with van der Waals surface area (Å²) in [6.45, 7) is 0. The highest BCUT2D eigenvalue weighted by molar-refractivity contribution is 5.99. The average Bonchev–Trinajstić information content (AvgIpc) is 2.90. The van der Waals surface area contributed by atoms with Crippen molar-refractivity contribution in [2.75, 3.05) is 5.32 Å². The summed E-state index contributed by atoms with van der Waals surface area (Å²) >= 11 is 0. The number of anilines is 1. The molecular weight excluding hydrogens is 276 g/mol. The smallest absolute Gasteiger partial charge is 0.319 e. The lowest BCUT2D eigenvalue weighted by atomic mass is 9.60. The van der Waals surface area contributed by atoms with Crippen molar-refractivity contribution in [3.63, 3.8) is 0 Å². The van der Waals surface area contributed by atoms with Crippen molar-refractivity contribution in [3.8, 4) is 0 Å². The summed E-state index contributed by atoms with van der Waals surface area (Å²) < 4.78 is 0. The Hall–Kier alpha value is -2.04. The van der Waals surface area contributed by atoms with Gasteiger partial charge in [0.1, 0.15) is 5.52 Å². The van der Waals surface area contributed by atoms with Gasteiger partial charge in [-0.05, 0) is 56.1 Å². The van der Waals surface area contributed by atoms with Crippen LogP contribution in [0, 0.1) is 5.41 Å². The Bertz CT molecular complexity index is 679. The second-order valence-electron chi connectivity index (χ2n) is 6.83. The number of urea groups is 1. The highest BCUT2D eigenvalue weighted by Crippen LogP contribution is 2.51.